The van der Waals surface area contributed by atoms with Crippen molar-refractivity contribution in [3.8, 4) is 0 Å². The maximum absolute atomic E-state index is 11.8. The normalized spacial score (nSPS) is 10.4. The molecule has 1 amide bonds. The lowest BCUT2D eigenvalue weighted by Gasteiger charge is -2.04. The standard InChI is InChI=1S/C11H14N4OS/c1-7-9(10(12)15-14-7)11(16)13-4-2-8-3-5-17-6-8/h3,5-6H,2,4H2,1H3,(H,13,16)(H3,12,14,15). The summed E-state index contributed by atoms with van der Waals surface area (Å²) in [6.07, 6.45) is 0.825. The van der Waals surface area contributed by atoms with Crippen LogP contribution in [0.4, 0.5) is 5.82 Å². The van der Waals surface area contributed by atoms with Crippen LogP contribution in [0.25, 0.3) is 0 Å². The van der Waals surface area contributed by atoms with Crippen LogP contribution in [-0.4, -0.2) is 22.6 Å². The second-order valence-electron chi connectivity index (χ2n) is 3.75. The number of amides is 1. The number of hydrogen-bond acceptors (Lipinski definition) is 4. The largest absolute Gasteiger partial charge is 0.382 e. The summed E-state index contributed by atoms with van der Waals surface area (Å²) in [7, 11) is 0. The molecule has 0 radical (unpaired) electrons. The summed E-state index contributed by atoms with van der Waals surface area (Å²) >= 11 is 1.65. The van der Waals surface area contributed by atoms with Gasteiger partial charge in [0.05, 0.1) is 0 Å². The molecule has 2 aromatic rings. The molecule has 0 spiro atoms. The fourth-order valence-corrected chi connectivity index (χ4v) is 2.28. The molecule has 0 aromatic carbocycles. The zero-order valence-electron chi connectivity index (χ0n) is 9.49. The number of rotatable bonds is 4. The van der Waals surface area contributed by atoms with E-state index in [1.807, 2.05) is 11.4 Å². The highest BCUT2D eigenvalue weighted by Gasteiger charge is 2.15. The Kier molecular flexibility index (Phi) is 3.43. The molecule has 2 heterocycles. The fourth-order valence-electron chi connectivity index (χ4n) is 1.58. The van der Waals surface area contributed by atoms with Crippen molar-refractivity contribution in [1.29, 1.82) is 0 Å². The van der Waals surface area contributed by atoms with Gasteiger partial charge in [-0.3, -0.25) is 9.89 Å². The molecular weight excluding hydrogens is 236 g/mol. The van der Waals surface area contributed by atoms with Crippen molar-refractivity contribution in [2.75, 3.05) is 12.3 Å². The number of nitrogens with two attached hydrogens (primary N) is 1. The Morgan fingerprint density at radius 3 is 3.06 bits per heavy atom. The number of carbonyl (C=O) groups is 1. The molecule has 0 aliphatic carbocycles. The molecule has 6 heteroatoms. The molecular formula is C11H14N4OS. The molecule has 17 heavy (non-hydrogen) atoms. The van der Waals surface area contributed by atoms with Crippen LogP contribution in [-0.2, 0) is 6.42 Å². The molecule has 90 valence electrons. The summed E-state index contributed by atoms with van der Waals surface area (Å²) < 4.78 is 0. The Balaban J connectivity index is 1.90. The van der Waals surface area contributed by atoms with Crippen molar-refractivity contribution in [3.05, 3.63) is 33.6 Å². The lowest BCUT2D eigenvalue weighted by Crippen LogP contribution is -2.26. The summed E-state index contributed by atoms with van der Waals surface area (Å²) in [5.74, 6) is 0.0690. The number of thiophene rings is 1. The summed E-state index contributed by atoms with van der Waals surface area (Å²) in [6.45, 7) is 2.37. The molecule has 0 saturated carbocycles. The van der Waals surface area contributed by atoms with Gasteiger partial charge in [0.25, 0.3) is 5.91 Å². The van der Waals surface area contributed by atoms with Crippen LogP contribution in [0.3, 0.4) is 0 Å². The molecule has 0 unspecified atom stereocenters. The topological polar surface area (TPSA) is 83.8 Å². The van der Waals surface area contributed by atoms with Gasteiger partial charge in [0.1, 0.15) is 5.56 Å². The molecule has 0 bridgehead atoms. The Bertz CT molecular complexity index is 484. The van der Waals surface area contributed by atoms with Gasteiger partial charge in [-0.05, 0) is 35.7 Å². The van der Waals surface area contributed by atoms with Crippen molar-refractivity contribution < 1.29 is 4.79 Å². The van der Waals surface area contributed by atoms with Gasteiger partial charge < -0.3 is 11.1 Å². The van der Waals surface area contributed by atoms with E-state index in [0.29, 0.717) is 17.8 Å². The maximum atomic E-state index is 11.8. The van der Waals surface area contributed by atoms with Gasteiger partial charge in [0, 0.05) is 12.2 Å². The number of hydrogen-bond donors (Lipinski definition) is 3. The van der Waals surface area contributed by atoms with E-state index in [1.54, 1.807) is 18.3 Å². The second kappa shape index (κ2) is 5.01. The molecule has 2 rings (SSSR count). The highest BCUT2D eigenvalue weighted by molar-refractivity contribution is 7.07. The summed E-state index contributed by atoms with van der Waals surface area (Å²) in [5.41, 5.74) is 7.97. The van der Waals surface area contributed by atoms with Gasteiger partial charge in [-0.15, -0.1) is 0 Å². The number of aryl methyl sites for hydroxylation is 1. The predicted molar refractivity (Wildman–Crippen MR) is 68.1 cm³/mol. The molecule has 0 atom stereocenters. The molecule has 4 N–H and O–H groups in total. The smallest absolute Gasteiger partial charge is 0.256 e. The Morgan fingerprint density at radius 1 is 1.65 bits per heavy atom. The molecule has 5 nitrogen and oxygen atoms in total. The second-order valence-corrected chi connectivity index (χ2v) is 4.53. The van der Waals surface area contributed by atoms with Crippen molar-refractivity contribution in [2.24, 2.45) is 0 Å². The van der Waals surface area contributed by atoms with Crippen LogP contribution >= 0.6 is 11.3 Å². The van der Waals surface area contributed by atoms with Crippen LogP contribution in [0.2, 0.25) is 0 Å². The number of aromatic nitrogens is 2. The first-order valence-corrected chi connectivity index (χ1v) is 6.22. The molecule has 0 saturated heterocycles. The van der Waals surface area contributed by atoms with E-state index in [2.05, 4.69) is 20.9 Å². The number of nitrogen functional groups attached to an aromatic ring is 1. The molecule has 0 aliphatic heterocycles. The van der Waals surface area contributed by atoms with Crippen molar-refractivity contribution in [1.82, 2.24) is 15.5 Å². The van der Waals surface area contributed by atoms with Gasteiger partial charge in [0.15, 0.2) is 5.82 Å². The van der Waals surface area contributed by atoms with Crippen LogP contribution < -0.4 is 11.1 Å². The van der Waals surface area contributed by atoms with Crippen molar-refractivity contribution in [3.63, 3.8) is 0 Å². The molecule has 0 fully saturated rings. The highest BCUT2D eigenvalue weighted by Crippen LogP contribution is 2.11. The van der Waals surface area contributed by atoms with Gasteiger partial charge in [-0.2, -0.15) is 16.4 Å². The van der Waals surface area contributed by atoms with E-state index >= 15 is 0 Å². The third-order valence-corrected chi connectivity index (χ3v) is 3.21. The van der Waals surface area contributed by atoms with Gasteiger partial charge in [0.2, 0.25) is 0 Å². The number of carbonyl (C=O) groups excluding carboxylic acids is 1. The van der Waals surface area contributed by atoms with E-state index in [4.69, 9.17) is 5.73 Å². The number of aromatic amines is 1. The Morgan fingerprint density at radius 2 is 2.47 bits per heavy atom. The first kappa shape index (κ1) is 11.7. The van der Waals surface area contributed by atoms with Crippen molar-refractivity contribution >= 4 is 23.1 Å². The number of nitrogens with zero attached hydrogens (tertiary/aromatic N) is 1. The zero-order chi connectivity index (χ0) is 12.3. The number of nitrogens with one attached hydrogen (secondary N) is 2. The predicted octanol–water partition coefficient (Wildman–Crippen LogP) is 1.33. The van der Waals surface area contributed by atoms with Crippen LogP contribution in [0, 0.1) is 6.92 Å². The summed E-state index contributed by atoms with van der Waals surface area (Å²) in [4.78, 5) is 11.8. The SMILES string of the molecule is Cc1[nH]nc(N)c1C(=O)NCCc1ccsc1. The Labute approximate surface area is 103 Å². The van der Waals surface area contributed by atoms with Gasteiger partial charge in [-0.1, -0.05) is 0 Å². The van der Waals surface area contributed by atoms with E-state index in [1.165, 1.54) is 5.56 Å². The lowest BCUT2D eigenvalue weighted by atomic mass is 10.2. The Hall–Kier alpha value is -1.82. The van der Waals surface area contributed by atoms with Crippen molar-refractivity contribution in [2.45, 2.75) is 13.3 Å². The monoisotopic (exact) mass is 250 g/mol. The highest BCUT2D eigenvalue weighted by atomic mass is 32.1. The van der Waals surface area contributed by atoms with Crippen LogP contribution in [0.1, 0.15) is 21.6 Å². The molecule has 2 aromatic heterocycles. The minimum absolute atomic E-state index is 0.177. The van der Waals surface area contributed by atoms with Crippen LogP contribution in [0.5, 0.6) is 0 Å². The van der Waals surface area contributed by atoms with E-state index < -0.39 is 0 Å². The third kappa shape index (κ3) is 2.65. The zero-order valence-corrected chi connectivity index (χ0v) is 10.3. The third-order valence-electron chi connectivity index (χ3n) is 2.48. The summed E-state index contributed by atoms with van der Waals surface area (Å²) in [6, 6.07) is 2.05. The minimum Gasteiger partial charge on any atom is -0.382 e. The first-order valence-electron chi connectivity index (χ1n) is 5.28. The molecule has 0 aliphatic rings. The maximum Gasteiger partial charge on any atom is 0.256 e. The van der Waals surface area contributed by atoms with Crippen LogP contribution in [0.15, 0.2) is 16.8 Å². The number of anilines is 1. The first-order chi connectivity index (χ1) is 8.18. The lowest BCUT2D eigenvalue weighted by molar-refractivity contribution is 0.0954. The quantitative estimate of drug-likeness (QED) is 0.765. The fraction of sp³-hybridized carbons (Fsp3) is 0.273. The van der Waals surface area contributed by atoms with Gasteiger partial charge >= 0.3 is 0 Å². The summed E-state index contributed by atoms with van der Waals surface area (Å²) in [5, 5.41) is 13.4. The average molecular weight is 250 g/mol. The average Bonchev–Trinajstić information content (AvgIpc) is 2.89. The minimum atomic E-state index is -0.177. The van der Waals surface area contributed by atoms with E-state index in [0.717, 1.165) is 6.42 Å². The van der Waals surface area contributed by atoms with Gasteiger partial charge in [-0.25, -0.2) is 0 Å². The number of H-pyrrole nitrogens is 1. The van der Waals surface area contributed by atoms with E-state index in [-0.39, 0.29) is 11.7 Å². The van der Waals surface area contributed by atoms with E-state index in [9.17, 15) is 4.79 Å².